The predicted molar refractivity (Wildman–Crippen MR) is 105 cm³/mol. The fourth-order valence-electron chi connectivity index (χ4n) is 2.64. The summed E-state index contributed by atoms with van der Waals surface area (Å²) in [6, 6.07) is 16.3. The summed E-state index contributed by atoms with van der Waals surface area (Å²) in [5, 5.41) is 11.8. The molecule has 27 heavy (non-hydrogen) atoms. The molecule has 0 bridgehead atoms. The summed E-state index contributed by atoms with van der Waals surface area (Å²) in [6.07, 6.45) is 0. The average Bonchev–Trinajstić information content (AvgIpc) is 3.10. The Morgan fingerprint density at radius 2 is 1.81 bits per heavy atom. The van der Waals surface area contributed by atoms with Gasteiger partial charge in [0.15, 0.2) is 11.0 Å². The quantitative estimate of drug-likeness (QED) is 0.624. The van der Waals surface area contributed by atoms with Crippen molar-refractivity contribution in [1.82, 2.24) is 20.1 Å². The van der Waals surface area contributed by atoms with E-state index < -0.39 is 0 Å². The number of nitrogens with one attached hydrogen (secondary N) is 1. The molecule has 0 saturated carbocycles. The minimum atomic E-state index is -0.344. The number of rotatable bonds is 7. The van der Waals surface area contributed by atoms with Crippen LogP contribution in [0, 0.1) is 5.82 Å². The molecule has 1 amide bonds. The van der Waals surface area contributed by atoms with E-state index in [2.05, 4.69) is 15.5 Å². The van der Waals surface area contributed by atoms with Crippen LogP contribution in [0.3, 0.4) is 0 Å². The van der Waals surface area contributed by atoms with Gasteiger partial charge in [0.1, 0.15) is 5.82 Å². The van der Waals surface area contributed by atoms with Gasteiger partial charge in [-0.15, -0.1) is 10.2 Å². The third kappa shape index (κ3) is 4.74. The minimum absolute atomic E-state index is 0.0319. The highest BCUT2D eigenvalue weighted by atomic mass is 32.2. The van der Waals surface area contributed by atoms with Crippen LogP contribution in [0.5, 0.6) is 0 Å². The molecule has 0 aliphatic carbocycles. The second-order valence-electron chi connectivity index (χ2n) is 6.30. The van der Waals surface area contributed by atoms with Gasteiger partial charge in [-0.3, -0.25) is 9.36 Å². The molecule has 0 unspecified atom stereocenters. The lowest BCUT2D eigenvalue weighted by molar-refractivity contribution is -0.118. The zero-order valence-corrected chi connectivity index (χ0v) is 16.0. The van der Waals surface area contributed by atoms with E-state index in [1.54, 1.807) is 18.2 Å². The summed E-state index contributed by atoms with van der Waals surface area (Å²) in [7, 11) is 0. The van der Waals surface area contributed by atoms with Gasteiger partial charge in [0.05, 0.1) is 11.3 Å². The molecule has 2 aromatic carbocycles. The summed E-state index contributed by atoms with van der Waals surface area (Å²) >= 11 is 1.29. The summed E-state index contributed by atoms with van der Waals surface area (Å²) in [5.74, 6) is 0.253. The Hall–Kier alpha value is -2.67. The molecule has 1 N–H and O–H groups in total. The highest BCUT2D eigenvalue weighted by Crippen LogP contribution is 2.28. The molecule has 0 atom stereocenters. The van der Waals surface area contributed by atoms with Crippen LogP contribution in [0.1, 0.15) is 25.5 Å². The van der Waals surface area contributed by atoms with Crippen molar-refractivity contribution in [2.24, 2.45) is 0 Å². The second kappa shape index (κ2) is 8.81. The topological polar surface area (TPSA) is 59.8 Å². The Balaban J connectivity index is 1.68. The Labute approximate surface area is 162 Å². The van der Waals surface area contributed by atoms with E-state index in [4.69, 9.17) is 0 Å². The van der Waals surface area contributed by atoms with Crippen LogP contribution in [-0.2, 0) is 11.3 Å². The first-order chi connectivity index (χ1) is 13.1. The van der Waals surface area contributed by atoms with Crippen molar-refractivity contribution in [2.75, 3.05) is 5.75 Å². The number of carbonyl (C=O) groups excluding carboxylic acids is 1. The lowest BCUT2D eigenvalue weighted by Gasteiger charge is -2.14. The van der Waals surface area contributed by atoms with Crippen molar-refractivity contribution in [2.45, 2.75) is 31.6 Å². The molecule has 7 heteroatoms. The van der Waals surface area contributed by atoms with E-state index in [0.717, 1.165) is 5.56 Å². The van der Waals surface area contributed by atoms with Crippen LogP contribution in [0.25, 0.3) is 11.4 Å². The summed E-state index contributed by atoms with van der Waals surface area (Å²) in [6.45, 7) is 4.44. The van der Waals surface area contributed by atoms with Crippen molar-refractivity contribution >= 4 is 17.7 Å². The molecule has 1 aromatic heterocycles. The molecule has 3 aromatic rings. The predicted octanol–water partition coefficient (Wildman–Crippen LogP) is 4.07. The third-order valence-electron chi connectivity index (χ3n) is 3.96. The molecular weight excluding hydrogens is 363 g/mol. The Morgan fingerprint density at radius 1 is 1.11 bits per heavy atom. The third-order valence-corrected chi connectivity index (χ3v) is 4.90. The SMILES string of the molecule is CC(C)n1c(SCC(=O)NCc2ccccc2)nnc1-c1ccccc1F. The number of amides is 1. The molecular formula is C20H21FN4OS. The number of hydrogen-bond acceptors (Lipinski definition) is 4. The summed E-state index contributed by atoms with van der Waals surface area (Å²) < 4.78 is 16.0. The van der Waals surface area contributed by atoms with Crippen molar-refractivity contribution in [1.29, 1.82) is 0 Å². The Bertz CT molecular complexity index is 911. The smallest absolute Gasteiger partial charge is 0.230 e. The first-order valence-corrected chi connectivity index (χ1v) is 9.68. The van der Waals surface area contributed by atoms with Gasteiger partial charge >= 0.3 is 0 Å². The number of aromatic nitrogens is 3. The molecule has 0 aliphatic rings. The fraction of sp³-hybridized carbons (Fsp3) is 0.250. The highest BCUT2D eigenvalue weighted by Gasteiger charge is 2.19. The van der Waals surface area contributed by atoms with Crippen molar-refractivity contribution in [3.05, 3.63) is 66.0 Å². The molecule has 0 radical (unpaired) electrons. The maximum atomic E-state index is 14.2. The van der Waals surface area contributed by atoms with E-state index in [-0.39, 0.29) is 23.5 Å². The van der Waals surface area contributed by atoms with Gasteiger partial charge in [-0.1, -0.05) is 54.2 Å². The molecule has 1 heterocycles. The monoisotopic (exact) mass is 384 g/mol. The average molecular weight is 384 g/mol. The maximum absolute atomic E-state index is 14.2. The standard InChI is InChI=1S/C20H21FN4OS/c1-14(2)25-19(16-10-6-7-11-17(16)21)23-24-20(25)27-13-18(26)22-12-15-8-4-3-5-9-15/h3-11,14H,12-13H2,1-2H3,(H,22,26). The molecule has 140 valence electrons. The first-order valence-electron chi connectivity index (χ1n) is 8.69. The summed E-state index contributed by atoms with van der Waals surface area (Å²) in [4.78, 5) is 12.2. The van der Waals surface area contributed by atoms with Crippen LogP contribution in [-0.4, -0.2) is 26.4 Å². The number of carbonyl (C=O) groups is 1. The molecule has 0 saturated heterocycles. The lowest BCUT2D eigenvalue weighted by Crippen LogP contribution is -2.24. The zero-order chi connectivity index (χ0) is 19.2. The first kappa shape index (κ1) is 19.1. The molecule has 0 spiro atoms. The minimum Gasteiger partial charge on any atom is -0.351 e. The van der Waals surface area contributed by atoms with E-state index in [1.165, 1.54) is 17.8 Å². The lowest BCUT2D eigenvalue weighted by atomic mass is 10.2. The summed E-state index contributed by atoms with van der Waals surface area (Å²) in [5.41, 5.74) is 1.45. The molecule has 3 rings (SSSR count). The van der Waals surface area contributed by atoms with E-state index in [0.29, 0.717) is 23.1 Å². The van der Waals surface area contributed by atoms with Crippen LogP contribution in [0.2, 0.25) is 0 Å². The van der Waals surface area contributed by atoms with Crippen molar-refractivity contribution in [3.8, 4) is 11.4 Å². The molecule has 0 aliphatic heterocycles. The van der Waals surface area contributed by atoms with Crippen molar-refractivity contribution in [3.63, 3.8) is 0 Å². The Morgan fingerprint density at radius 3 is 2.52 bits per heavy atom. The highest BCUT2D eigenvalue weighted by molar-refractivity contribution is 7.99. The van der Waals surface area contributed by atoms with E-state index in [1.807, 2.05) is 48.7 Å². The number of thioether (sulfide) groups is 1. The molecule has 5 nitrogen and oxygen atoms in total. The van der Waals surface area contributed by atoms with Gasteiger partial charge in [-0.25, -0.2) is 4.39 Å². The van der Waals surface area contributed by atoms with Crippen LogP contribution >= 0.6 is 11.8 Å². The van der Waals surface area contributed by atoms with E-state index >= 15 is 0 Å². The van der Waals surface area contributed by atoms with Crippen molar-refractivity contribution < 1.29 is 9.18 Å². The van der Waals surface area contributed by atoms with Gasteiger partial charge in [0.25, 0.3) is 0 Å². The number of hydrogen-bond donors (Lipinski definition) is 1. The van der Waals surface area contributed by atoms with Gasteiger partial charge < -0.3 is 5.32 Å². The van der Waals surface area contributed by atoms with Crippen LogP contribution in [0.15, 0.2) is 59.8 Å². The van der Waals surface area contributed by atoms with Gasteiger partial charge in [0, 0.05) is 12.6 Å². The van der Waals surface area contributed by atoms with Gasteiger partial charge in [-0.2, -0.15) is 0 Å². The fourth-order valence-corrected chi connectivity index (χ4v) is 3.54. The number of halogens is 1. The molecule has 0 fully saturated rings. The number of benzene rings is 2. The van der Waals surface area contributed by atoms with Gasteiger partial charge in [-0.05, 0) is 31.5 Å². The maximum Gasteiger partial charge on any atom is 0.230 e. The number of nitrogens with zero attached hydrogens (tertiary/aromatic N) is 3. The normalized spacial score (nSPS) is 11.0. The van der Waals surface area contributed by atoms with Gasteiger partial charge in [0.2, 0.25) is 5.91 Å². The van der Waals surface area contributed by atoms with Crippen LogP contribution < -0.4 is 5.32 Å². The zero-order valence-electron chi connectivity index (χ0n) is 15.2. The van der Waals surface area contributed by atoms with E-state index in [9.17, 15) is 9.18 Å². The second-order valence-corrected chi connectivity index (χ2v) is 7.24. The van der Waals surface area contributed by atoms with Crippen LogP contribution in [0.4, 0.5) is 4.39 Å². The largest absolute Gasteiger partial charge is 0.351 e. The Kier molecular flexibility index (Phi) is 6.24.